The smallest absolute Gasteiger partial charge is 0.167 e. The molecule has 0 radical (unpaired) electrons. The van der Waals surface area contributed by atoms with Gasteiger partial charge in [-0.15, -0.1) is 11.3 Å². The van der Waals surface area contributed by atoms with Crippen LogP contribution in [0.4, 0.5) is 0 Å². The molecule has 70 heavy (non-hydrogen) atoms. The number of thiophene rings is 1. The third-order valence-electron chi connectivity index (χ3n) is 13.9. The van der Waals surface area contributed by atoms with Crippen LogP contribution in [0.2, 0.25) is 0 Å². The molecule has 10 aromatic carbocycles. The summed E-state index contributed by atoms with van der Waals surface area (Å²) >= 11 is 1.86. The molecule has 7 heteroatoms. The number of furan rings is 2. The van der Waals surface area contributed by atoms with E-state index in [-0.39, 0.29) is 0 Å². The monoisotopic (exact) mass is 912 g/mol. The number of benzene rings is 10. The second-order valence-electron chi connectivity index (χ2n) is 17.9. The van der Waals surface area contributed by atoms with E-state index in [4.69, 9.17) is 23.8 Å². The Hall–Kier alpha value is -9.17. The number of para-hydroxylation sites is 4. The van der Waals surface area contributed by atoms with Crippen LogP contribution in [-0.2, 0) is 0 Å². The molecule has 0 unspecified atom stereocenters. The zero-order valence-corrected chi connectivity index (χ0v) is 38.1. The lowest BCUT2D eigenvalue weighted by Gasteiger charge is -2.11. The second kappa shape index (κ2) is 15.2. The van der Waals surface area contributed by atoms with Crippen LogP contribution in [0.25, 0.3) is 148 Å². The average molecular weight is 913 g/mol. The van der Waals surface area contributed by atoms with Crippen molar-refractivity contribution in [2.75, 3.05) is 0 Å². The minimum Gasteiger partial charge on any atom is -0.456 e. The van der Waals surface area contributed by atoms with Crippen LogP contribution in [0.1, 0.15) is 0 Å². The van der Waals surface area contributed by atoms with E-state index in [0.29, 0.717) is 17.5 Å². The van der Waals surface area contributed by atoms with Gasteiger partial charge in [-0.3, -0.25) is 0 Å². The molecular formula is C63H36N4O2S. The molecule has 0 saturated carbocycles. The molecule has 5 heterocycles. The Morgan fingerprint density at radius 2 is 0.971 bits per heavy atom. The van der Waals surface area contributed by atoms with Gasteiger partial charge in [0.1, 0.15) is 22.3 Å². The summed E-state index contributed by atoms with van der Waals surface area (Å²) in [4.78, 5) is 15.6. The molecule has 0 spiro atoms. The summed E-state index contributed by atoms with van der Waals surface area (Å²) in [7, 11) is 0. The Balaban J connectivity index is 0.930. The quantitative estimate of drug-likeness (QED) is 0.166. The van der Waals surface area contributed by atoms with Crippen molar-refractivity contribution in [3.05, 3.63) is 218 Å². The standard InChI is InChI=1S/C63H36N4O2S/c1-3-15-37(16-4-1)61-64-62(66-63(65-61)47-24-13-22-45-43-20-8-11-26-54(43)69-59(45)47)46-23-14-27-56-58(46)51-33-38(30-32-55(51)68-56)40-35-48(60-50(36-40)44-21-9-12-28-57(44)70-60)39-29-31-53-49(34-39)42-19-7-10-25-52(42)67(53)41-17-5-2-6-18-41/h1-36H. The van der Waals surface area contributed by atoms with Gasteiger partial charge < -0.3 is 13.4 Å². The number of hydrogen-bond donors (Lipinski definition) is 0. The van der Waals surface area contributed by atoms with E-state index in [1.807, 2.05) is 84.1 Å². The first-order chi connectivity index (χ1) is 34.7. The summed E-state index contributed by atoms with van der Waals surface area (Å²) in [6.45, 7) is 0. The minimum atomic E-state index is 0.533. The molecule has 15 aromatic rings. The number of aromatic nitrogens is 4. The third kappa shape index (κ3) is 5.95. The van der Waals surface area contributed by atoms with Crippen molar-refractivity contribution in [1.29, 1.82) is 0 Å². The normalized spacial score (nSPS) is 12.0. The molecule has 0 saturated heterocycles. The minimum absolute atomic E-state index is 0.533. The van der Waals surface area contributed by atoms with E-state index in [1.54, 1.807) is 0 Å². The molecule has 15 rings (SSSR count). The molecule has 0 bridgehead atoms. The topological polar surface area (TPSA) is 69.9 Å². The highest BCUT2D eigenvalue weighted by molar-refractivity contribution is 7.26. The fourth-order valence-corrected chi connectivity index (χ4v) is 11.9. The summed E-state index contributed by atoms with van der Waals surface area (Å²) in [5.41, 5.74) is 13.8. The van der Waals surface area contributed by atoms with Gasteiger partial charge in [0.05, 0.1) is 16.6 Å². The maximum Gasteiger partial charge on any atom is 0.167 e. The second-order valence-corrected chi connectivity index (χ2v) is 18.9. The van der Waals surface area contributed by atoms with Gasteiger partial charge in [0.15, 0.2) is 17.5 Å². The van der Waals surface area contributed by atoms with Gasteiger partial charge in [0.25, 0.3) is 0 Å². The van der Waals surface area contributed by atoms with Gasteiger partial charge in [-0.2, -0.15) is 0 Å². The molecule has 0 aliphatic rings. The number of hydrogen-bond acceptors (Lipinski definition) is 6. The number of nitrogens with zero attached hydrogens (tertiary/aromatic N) is 4. The van der Waals surface area contributed by atoms with Crippen molar-refractivity contribution >= 4 is 97.2 Å². The molecule has 0 fully saturated rings. The first-order valence-electron chi connectivity index (χ1n) is 23.4. The van der Waals surface area contributed by atoms with E-state index in [1.165, 1.54) is 53.1 Å². The Kier molecular flexibility index (Phi) is 8.43. The van der Waals surface area contributed by atoms with Gasteiger partial charge in [-0.25, -0.2) is 15.0 Å². The maximum absolute atomic E-state index is 6.66. The molecule has 5 aromatic heterocycles. The summed E-state index contributed by atoms with van der Waals surface area (Å²) in [5, 5.41) is 8.94. The van der Waals surface area contributed by atoms with Crippen molar-refractivity contribution in [3.8, 4) is 62.1 Å². The van der Waals surface area contributed by atoms with Crippen molar-refractivity contribution in [2.24, 2.45) is 0 Å². The van der Waals surface area contributed by atoms with Crippen LogP contribution in [0.15, 0.2) is 227 Å². The van der Waals surface area contributed by atoms with Crippen molar-refractivity contribution in [2.45, 2.75) is 0 Å². The molecule has 6 nitrogen and oxygen atoms in total. The summed E-state index contributed by atoms with van der Waals surface area (Å²) in [6, 6.07) is 76.9. The number of fused-ring (bicyclic) bond motifs is 12. The van der Waals surface area contributed by atoms with Gasteiger partial charge in [-0.1, -0.05) is 140 Å². The van der Waals surface area contributed by atoms with Crippen LogP contribution in [-0.4, -0.2) is 19.5 Å². The largest absolute Gasteiger partial charge is 0.456 e. The van der Waals surface area contributed by atoms with E-state index in [0.717, 1.165) is 77.4 Å². The van der Waals surface area contributed by atoms with Crippen molar-refractivity contribution in [3.63, 3.8) is 0 Å². The molecule has 0 amide bonds. The van der Waals surface area contributed by atoms with Crippen LogP contribution in [0, 0.1) is 0 Å². The summed E-state index contributed by atoms with van der Waals surface area (Å²) in [6.07, 6.45) is 0. The van der Waals surface area contributed by atoms with E-state index in [9.17, 15) is 0 Å². The fourth-order valence-electron chi connectivity index (χ4n) is 10.7. The van der Waals surface area contributed by atoms with E-state index in [2.05, 4.69) is 150 Å². The first-order valence-corrected chi connectivity index (χ1v) is 24.2. The lowest BCUT2D eigenvalue weighted by atomic mass is 9.94. The average Bonchev–Trinajstić information content (AvgIpc) is 4.20. The lowest BCUT2D eigenvalue weighted by Crippen LogP contribution is -2.00. The zero-order chi connectivity index (χ0) is 45.9. The molecule has 0 N–H and O–H groups in total. The molecule has 326 valence electrons. The molecule has 0 aliphatic heterocycles. The highest BCUT2D eigenvalue weighted by Gasteiger charge is 2.22. The molecular weight excluding hydrogens is 877 g/mol. The SMILES string of the molecule is c1ccc(-c2nc(-c3cccc4c3oc3ccccc34)nc(-c3cccc4oc5ccc(-c6cc(-c7ccc8c(c7)c7ccccc7n8-c7ccccc7)c7sc8ccccc8c7c6)cc5c34)n2)cc1. The van der Waals surface area contributed by atoms with Crippen molar-refractivity contribution < 1.29 is 8.83 Å². The summed E-state index contributed by atoms with van der Waals surface area (Å²) in [5.74, 6) is 1.66. The lowest BCUT2D eigenvalue weighted by molar-refractivity contribution is 0.668. The van der Waals surface area contributed by atoms with Gasteiger partial charge in [0.2, 0.25) is 0 Å². The Bertz CT molecular complexity index is 4600. The molecule has 0 aliphatic carbocycles. The van der Waals surface area contributed by atoms with Crippen LogP contribution >= 0.6 is 11.3 Å². The summed E-state index contributed by atoms with van der Waals surface area (Å²) < 4.78 is 18.1. The predicted octanol–water partition coefficient (Wildman–Crippen LogP) is 17.5. The van der Waals surface area contributed by atoms with Crippen molar-refractivity contribution in [1.82, 2.24) is 19.5 Å². The fraction of sp³-hybridized carbons (Fsp3) is 0. The highest BCUT2D eigenvalue weighted by Crippen LogP contribution is 2.46. The first kappa shape index (κ1) is 38.9. The maximum atomic E-state index is 6.66. The highest BCUT2D eigenvalue weighted by atomic mass is 32.1. The van der Waals surface area contributed by atoms with Crippen LogP contribution in [0.3, 0.4) is 0 Å². The van der Waals surface area contributed by atoms with E-state index < -0.39 is 0 Å². The van der Waals surface area contributed by atoms with Gasteiger partial charge in [0, 0.05) is 74.9 Å². The third-order valence-corrected chi connectivity index (χ3v) is 15.1. The predicted molar refractivity (Wildman–Crippen MR) is 289 cm³/mol. The Morgan fingerprint density at radius 3 is 1.86 bits per heavy atom. The molecule has 0 atom stereocenters. The van der Waals surface area contributed by atoms with Crippen LogP contribution in [0.5, 0.6) is 0 Å². The van der Waals surface area contributed by atoms with E-state index >= 15 is 0 Å². The van der Waals surface area contributed by atoms with Crippen LogP contribution < -0.4 is 0 Å². The zero-order valence-electron chi connectivity index (χ0n) is 37.3. The Morgan fingerprint density at radius 1 is 0.343 bits per heavy atom. The number of rotatable bonds is 6. The Labute approximate surface area is 404 Å². The van der Waals surface area contributed by atoms with Gasteiger partial charge >= 0.3 is 0 Å². The van der Waals surface area contributed by atoms with Gasteiger partial charge in [-0.05, 0) is 95.6 Å².